The largest absolute Gasteiger partial charge is 0.351 e. The SMILES string of the molecule is CN(C)C(=O)c1cc2ccc(C3=CCCN(C(=O)CCc4ccccn4)C3)cc2[nH]1. The van der Waals surface area contributed by atoms with E-state index in [1.807, 2.05) is 35.2 Å². The number of nitrogens with zero attached hydrogens (tertiary/aromatic N) is 3. The minimum absolute atomic E-state index is 0.0469. The quantitative estimate of drug-likeness (QED) is 0.710. The Morgan fingerprint density at radius 3 is 2.80 bits per heavy atom. The van der Waals surface area contributed by atoms with Crippen molar-refractivity contribution in [3.05, 3.63) is 71.7 Å². The molecule has 1 aromatic carbocycles. The van der Waals surface area contributed by atoms with Gasteiger partial charge in [0.25, 0.3) is 5.91 Å². The lowest BCUT2D eigenvalue weighted by Crippen LogP contribution is -2.35. The summed E-state index contributed by atoms with van der Waals surface area (Å²) < 4.78 is 0. The summed E-state index contributed by atoms with van der Waals surface area (Å²) in [6.45, 7) is 1.35. The van der Waals surface area contributed by atoms with Gasteiger partial charge in [0.15, 0.2) is 0 Å². The lowest BCUT2D eigenvalue weighted by molar-refractivity contribution is -0.130. The maximum absolute atomic E-state index is 12.7. The van der Waals surface area contributed by atoms with Crippen molar-refractivity contribution in [2.45, 2.75) is 19.3 Å². The van der Waals surface area contributed by atoms with E-state index >= 15 is 0 Å². The summed E-state index contributed by atoms with van der Waals surface area (Å²) >= 11 is 0. The Balaban J connectivity index is 1.46. The molecule has 6 nitrogen and oxygen atoms in total. The number of aromatic amines is 1. The van der Waals surface area contributed by atoms with Crippen LogP contribution in [0.1, 0.15) is 34.6 Å². The molecule has 0 saturated heterocycles. The summed E-state index contributed by atoms with van der Waals surface area (Å²) in [5.74, 6) is 0.111. The van der Waals surface area contributed by atoms with Gasteiger partial charge in [-0.3, -0.25) is 14.6 Å². The van der Waals surface area contributed by atoms with Crippen LogP contribution >= 0.6 is 0 Å². The first-order valence-corrected chi connectivity index (χ1v) is 10.2. The summed E-state index contributed by atoms with van der Waals surface area (Å²) in [7, 11) is 3.48. The molecule has 30 heavy (non-hydrogen) atoms. The Morgan fingerprint density at radius 1 is 1.17 bits per heavy atom. The number of carbonyl (C=O) groups excluding carboxylic acids is 2. The standard InChI is InChI=1S/C24H26N4O2/c1-27(2)24(30)22-15-18-9-8-17(14-21(18)26-22)19-6-5-13-28(16-19)23(29)11-10-20-7-3-4-12-25-20/h3-4,6-9,12,14-15,26H,5,10-11,13,16H2,1-2H3. The Morgan fingerprint density at radius 2 is 2.03 bits per heavy atom. The van der Waals surface area contributed by atoms with Crippen molar-refractivity contribution in [3.63, 3.8) is 0 Å². The molecule has 1 aliphatic heterocycles. The van der Waals surface area contributed by atoms with Crippen molar-refractivity contribution < 1.29 is 9.59 Å². The molecule has 0 unspecified atom stereocenters. The molecule has 0 fully saturated rings. The van der Waals surface area contributed by atoms with E-state index in [1.54, 1.807) is 25.2 Å². The van der Waals surface area contributed by atoms with Crippen molar-refractivity contribution in [3.8, 4) is 0 Å². The fourth-order valence-corrected chi connectivity index (χ4v) is 3.79. The summed E-state index contributed by atoms with van der Waals surface area (Å²) in [5.41, 5.74) is 4.67. The predicted molar refractivity (Wildman–Crippen MR) is 118 cm³/mol. The van der Waals surface area contributed by atoms with Gasteiger partial charge in [0.2, 0.25) is 5.91 Å². The van der Waals surface area contributed by atoms with Gasteiger partial charge in [-0.05, 0) is 48.2 Å². The van der Waals surface area contributed by atoms with E-state index in [9.17, 15) is 9.59 Å². The van der Waals surface area contributed by atoms with Crippen molar-refractivity contribution in [2.24, 2.45) is 0 Å². The molecule has 4 rings (SSSR count). The van der Waals surface area contributed by atoms with E-state index in [0.717, 1.165) is 40.7 Å². The molecule has 3 heterocycles. The maximum atomic E-state index is 12.7. The van der Waals surface area contributed by atoms with Crippen LogP contribution in [-0.4, -0.2) is 58.8 Å². The van der Waals surface area contributed by atoms with Crippen molar-refractivity contribution in [1.29, 1.82) is 0 Å². The van der Waals surface area contributed by atoms with Crippen LogP contribution < -0.4 is 0 Å². The molecular formula is C24H26N4O2. The van der Waals surface area contributed by atoms with Gasteiger partial charge in [0.05, 0.1) is 0 Å². The van der Waals surface area contributed by atoms with Crippen LogP contribution in [0.4, 0.5) is 0 Å². The van der Waals surface area contributed by atoms with Gasteiger partial charge in [-0.25, -0.2) is 0 Å². The van der Waals surface area contributed by atoms with Crippen molar-refractivity contribution in [2.75, 3.05) is 27.2 Å². The van der Waals surface area contributed by atoms with Crippen molar-refractivity contribution in [1.82, 2.24) is 19.8 Å². The van der Waals surface area contributed by atoms with E-state index in [2.05, 4.69) is 28.2 Å². The second kappa shape index (κ2) is 8.53. The van der Waals surface area contributed by atoms with E-state index in [-0.39, 0.29) is 11.8 Å². The average molecular weight is 402 g/mol. The number of nitrogens with one attached hydrogen (secondary N) is 1. The zero-order valence-corrected chi connectivity index (χ0v) is 17.4. The van der Waals surface area contributed by atoms with Crippen LogP contribution in [0.2, 0.25) is 0 Å². The van der Waals surface area contributed by atoms with E-state index in [4.69, 9.17) is 0 Å². The third-order valence-corrected chi connectivity index (χ3v) is 5.45. The number of amides is 2. The van der Waals surface area contributed by atoms with Crippen LogP contribution in [0.5, 0.6) is 0 Å². The van der Waals surface area contributed by atoms with Crippen LogP contribution in [-0.2, 0) is 11.2 Å². The zero-order chi connectivity index (χ0) is 21.1. The van der Waals surface area contributed by atoms with Gasteiger partial charge in [0, 0.05) is 56.4 Å². The monoisotopic (exact) mass is 402 g/mol. The summed E-state index contributed by atoms with van der Waals surface area (Å²) in [6.07, 6.45) is 5.94. The molecule has 2 amide bonds. The normalized spacial score (nSPS) is 13.9. The first-order chi connectivity index (χ1) is 14.5. The Bertz CT molecular complexity index is 1100. The molecule has 154 valence electrons. The number of hydrogen-bond donors (Lipinski definition) is 1. The Hall–Kier alpha value is -3.41. The molecule has 0 saturated carbocycles. The molecule has 0 spiro atoms. The van der Waals surface area contributed by atoms with Crippen LogP contribution in [0.3, 0.4) is 0 Å². The van der Waals surface area contributed by atoms with E-state index in [1.165, 1.54) is 0 Å². The van der Waals surface area contributed by atoms with E-state index < -0.39 is 0 Å². The molecule has 0 bridgehead atoms. The average Bonchev–Trinajstić information content (AvgIpc) is 3.21. The van der Waals surface area contributed by atoms with Crippen LogP contribution in [0, 0.1) is 0 Å². The smallest absolute Gasteiger partial charge is 0.269 e. The highest BCUT2D eigenvalue weighted by atomic mass is 16.2. The molecule has 0 atom stereocenters. The molecule has 2 aromatic heterocycles. The molecule has 3 aromatic rings. The maximum Gasteiger partial charge on any atom is 0.269 e. The number of H-pyrrole nitrogens is 1. The number of fused-ring (bicyclic) bond motifs is 1. The third-order valence-electron chi connectivity index (χ3n) is 5.45. The second-order valence-electron chi connectivity index (χ2n) is 7.84. The van der Waals surface area contributed by atoms with Crippen molar-refractivity contribution >= 4 is 28.3 Å². The van der Waals surface area contributed by atoms with E-state index in [0.29, 0.717) is 25.1 Å². The Labute approximate surface area is 176 Å². The lowest BCUT2D eigenvalue weighted by Gasteiger charge is -2.28. The highest BCUT2D eigenvalue weighted by molar-refractivity contribution is 5.98. The topological polar surface area (TPSA) is 69.3 Å². The molecule has 1 aliphatic rings. The number of aromatic nitrogens is 2. The van der Waals surface area contributed by atoms with Gasteiger partial charge < -0.3 is 14.8 Å². The van der Waals surface area contributed by atoms with Crippen LogP contribution in [0.15, 0.2) is 54.7 Å². The lowest BCUT2D eigenvalue weighted by atomic mass is 9.99. The molecule has 0 radical (unpaired) electrons. The molecule has 0 aliphatic carbocycles. The van der Waals surface area contributed by atoms with Gasteiger partial charge in [0.1, 0.15) is 5.69 Å². The predicted octanol–water partition coefficient (Wildman–Crippen LogP) is 3.51. The number of benzene rings is 1. The fourth-order valence-electron chi connectivity index (χ4n) is 3.79. The number of rotatable bonds is 5. The van der Waals surface area contributed by atoms with Gasteiger partial charge in [-0.15, -0.1) is 0 Å². The zero-order valence-electron chi connectivity index (χ0n) is 17.4. The number of carbonyl (C=O) groups is 2. The van der Waals surface area contributed by atoms with Gasteiger partial charge in [-0.2, -0.15) is 0 Å². The highest BCUT2D eigenvalue weighted by Crippen LogP contribution is 2.26. The summed E-state index contributed by atoms with van der Waals surface area (Å²) in [4.78, 5) is 36.0. The summed E-state index contributed by atoms with van der Waals surface area (Å²) in [5, 5.41) is 1.00. The van der Waals surface area contributed by atoms with Crippen LogP contribution in [0.25, 0.3) is 16.5 Å². The minimum Gasteiger partial charge on any atom is -0.351 e. The second-order valence-corrected chi connectivity index (χ2v) is 7.84. The minimum atomic E-state index is -0.0469. The Kier molecular flexibility index (Phi) is 5.65. The van der Waals surface area contributed by atoms with Gasteiger partial charge >= 0.3 is 0 Å². The molecule has 1 N–H and O–H groups in total. The first kappa shape index (κ1) is 19.9. The fraction of sp³-hybridized carbons (Fsp3) is 0.292. The molecular weight excluding hydrogens is 376 g/mol. The summed E-state index contributed by atoms with van der Waals surface area (Å²) in [6, 6.07) is 13.8. The number of hydrogen-bond acceptors (Lipinski definition) is 3. The molecule has 6 heteroatoms. The first-order valence-electron chi connectivity index (χ1n) is 10.2. The highest BCUT2D eigenvalue weighted by Gasteiger charge is 2.20. The third kappa shape index (κ3) is 4.27. The number of pyridine rings is 1. The number of aryl methyl sites for hydroxylation is 1. The van der Waals surface area contributed by atoms with Gasteiger partial charge in [-0.1, -0.05) is 24.3 Å².